The average molecular weight is 336 g/mol. The van der Waals surface area contributed by atoms with Crippen LogP contribution >= 0.6 is 11.3 Å². The fourth-order valence-corrected chi connectivity index (χ4v) is 4.99. The number of rotatable bonds is 3. The summed E-state index contributed by atoms with van der Waals surface area (Å²) in [5.74, 6) is -1.21. The molecule has 0 radical (unpaired) electrons. The van der Waals surface area contributed by atoms with Gasteiger partial charge in [-0.05, 0) is 50.9 Å². The van der Waals surface area contributed by atoms with Crippen LogP contribution in [0.1, 0.15) is 57.0 Å². The van der Waals surface area contributed by atoms with E-state index in [0.717, 1.165) is 25.0 Å². The molecule has 2 atom stereocenters. The van der Waals surface area contributed by atoms with Gasteiger partial charge in [-0.25, -0.2) is 4.98 Å². The summed E-state index contributed by atoms with van der Waals surface area (Å²) in [7, 11) is 0. The van der Waals surface area contributed by atoms with E-state index in [9.17, 15) is 14.7 Å². The number of thiazole rings is 1. The molecule has 1 fully saturated rings. The standard InChI is InChI=1S/C17H24N2O3S/c1-16(2)10(8-9-17(16,3)14(21)22)13(20)19-15-18-11-6-4-5-7-12(11)23-15/h10H,4-9H2,1-3H3,(H,21,22)(H,18,19,20)/t10-,17+/m0/s1. The number of hydrogen-bond donors (Lipinski definition) is 2. The smallest absolute Gasteiger partial charge is 0.309 e. The molecule has 3 rings (SSSR count). The van der Waals surface area contributed by atoms with E-state index in [2.05, 4.69) is 10.3 Å². The van der Waals surface area contributed by atoms with E-state index in [1.54, 1.807) is 18.3 Å². The van der Waals surface area contributed by atoms with Gasteiger partial charge in [0.05, 0.1) is 11.1 Å². The number of carbonyl (C=O) groups excluding carboxylic acids is 1. The SMILES string of the molecule is CC1(C)[C@H](C(=O)Nc2nc3c(s2)CCCC3)CC[C@]1(C)C(=O)O. The van der Waals surface area contributed by atoms with Gasteiger partial charge in [-0.15, -0.1) is 11.3 Å². The van der Waals surface area contributed by atoms with Gasteiger partial charge in [0.2, 0.25) is 5.91 Å². The number of hydrogen-bond acceptors (Lipinski definition) is 4. The van der Waals surface area contributed by atoms with E-state index < -0.39 is 16.8 Å². The number of nitrogens with zero attached hydrogens (tertiary/aromatic N) is 1. The fourth-order valence-electron chi connectivity index (χ4n) is 3.94. The monoisotopic (exact) mass is 336 g/mol. The zero-order valence-electron chi connectivity index (χ0n) is 13.9. The van der Waals surface area contributed by atoms with E-state index in [1.165, 1.54) is 11.3 Å². The molecule has 0 aromatic carbocycles. The highest BCUT2D eigenvalue weighted by atomic mass is 32.1. The van der Waals surface area contributed by atoms with Crippen molar-refractivity contribution in [2.24, 2.45) is 16.7 Å². The molecule has 23 heavy (non-hydrogen) atoms. The maximum absolute atomic E-state index is 12.7. The second-order valence-electron chi connectivity index (χ2n) is 7.54. The van der Waals surface area contributed by atoms with Crippen LogP contribution in [0, 0.1) is 16.7 Å². The molecule has 0 aliphatic heterocycles. The minimum absolute atomic E-state index is 0.0916. The van der Waals surface area contributed by atoms with Crippen molar-refractivity contribution >= 4 is 28.3 Å². The van der Waals surface area contributed by atoms with Gasteiger partial charge in [-0.2, -0.15) is 0 Å². The first-order valence-corrected chi connectivity index (χ1v) is 9.10. The number of carbonyl (C=O) groups is 2. The molecule has 0 bridgehead atoms. The lowest BCUT2D eigenvalue weighted by Crippen LogP contribution is -2.43. The quantitative estimate of drug-likeness (QED) is 0.885. The Labute approximate surface area is 140 Å². The van der Waals surface area contributed by atoms with Crippen LogP contribution in [0.25, 0.3) is 0 Å². The first kappa shape index (κ1) is 16.4. The van der Waals surface area contributed by atoms with Gasteiger partial charge in [-0.1, -0.05) is 13.8 Å². The number of carboxylic acid groups (broad SMARTS) is 1. The van der Waals surface area contributed by atoms with Crippen molar-refractivity contribution in [3.05, 3.63) is 10.6 Å². The molecule has 1 heterocycles. The Balaban J connectivity index is 1.76. The van der Waals surface area contributed by atoms with E-state index >= 15 is 0 Å². The van der Waals surface area contributed by atoms with Gasteiger partial charge >= 0.3 is 5.97 Å². The van der Waals surface area contributed by atoms with Gasteiger partial charge in [-0.3, -0.25) is 9.59 Å². The average Bonchev–Trinajstić information content (AvgIpc) is 2.98. The molecular weight excluding hydrogens is 312 g/mol. The van der Waals surface area contributed by atoms with E-state index in [4.69, 9.17) is 0 Å². The zero-order chi connectivity index (χ0) is 16.8. The summed E-state index contributed by atoms with van der Waals surface area (Å²) in [4.78, 5) is 30.2. The van der Waals surface area contributed by atoms with E-state index in [0.29, 0.717) is 18.0 Å². The first-order chi connectivity index (χ1) is 10.8. The molecule has 1 aromatic heterocycles. The fraction of sp³-hybridized carbons (Fsp3) is 0.706. The zero-order valence-corrected chi connectivity index (χ0v) is 14.8. The van der Waals surface area contributed by atoms with Crippen molar-refractivity contribution in [3.8, 4) is 0 Å². The summed E-state index contributed by atoms with van der Waals surface area (Å²) in [6, 6.07) is 0. The van der Waals surface area contributed by atoms with Crippen molar-refractivity contribution in [1.29, 1.82) is 0 Å². The first-order valence-electron chi connectivity index (χ1n) is 8.28. The molecule has 0 unspecified atom stereocenters. The third-order valence-corrected chi connectivity index (χ3v) is 7.16. The van der Waals surface area contributed by atoms with Crippen molar-refractivity contribution in [2.75, 3.05) is 5.32 Å². The topological polar surface area (TPSA) is 79.3 Å². The Morgan fingerprint density at radius 1 is 1.26 bits per heavy atom. The minimum Gasteiger partial charge on any atom is -0.481 e. The lowest BCUT2D eigenvalue weighted by molar-refractivity contribution is -0.154. The van der Waals surface area contributed by atoms with Crippen molar-refractivity contribution in [2.45, 2.75) is 59.3 Å². The molecule has 6 heteroatoms. The summed E-state index contributed by atoms with van der Waals surface area (Å²) in [6.07, 6.45) is 5.53. The predicted molar refractivity (Wildman–Crippen MR) is 89.6 cm³/mol. The van der Waals surface area contributed by atoms with E-state index in [-0.39, 0.29) is 11.8 Å². The third kappa shape index (κ3) is 2.57. The molecule has 0 saturated heterocycles. The van der Waals surface area contributed by atoms with Gasteiger partial charge in [0, 0.05) is 10.8 Å². The molecule has 2 aliphatic carbocycles. The number of fused-ring (bicyclic) bond motifs is 1. The number of aromatic nitrogens is 1. The number of aliphatic carboxylic acids is 1. The molecule has 126 valence electrons. The van der Waals surface area contributed by atoms with Crippen LogP contribution in [-0.4, -0.2) is 22.0 Å². The molecule has 1 aromatic rings. The molecular formula is C17H24N2O3S. The molecule has 5 nitrogen and oxygen atoms in total. The summed E-state index contributed by atoms with van der Waals surface area (Å²) in [5, 5.41) is 13.2. The van der Waals surface area contributed by atoms with Crippen LogP contribution in [0.2, 0.25) is 0 Å². The highest BCUT2D eigenvalue weighted by Gasteiger charge is 2.58. The van der Waals surface area contributed by atoms with Crippen LogP contribution in [0.3, 0.4) is 0 Å². The molecule has 1 amide bonds. The van der Waals surface area contributed by atoms with Gasteiger partial charge < -0.3 is 10.4 Å². The number of aryl methyl sites for hydroxylation is 2. The second kappa shape index (κ2) is 5.58. The summed E-state index contributed by atoms with van der Waals surface area (Å²) >= 11 is 1.57. The van der Waals surface area contributed by atoms with Crippen molar-refractivity contribution < 1.29 is 14.7 Å². The lowest BCUT2D eigenvalue weighted by Gasteiger charge is -2.37. The number of amides is 1. The highest BCUT2D eigenvalue weighted by molar-refractivity contribution is 7.15. The van der Waals surface area contributed by atoms with Crippen LogP contribution in [0.5, 0.6) is 0 Å². The predicted octanol–water partition coefficient (Wildman–Crippen LogP) is 3.49. The van der Waals surface area contributed by atoms with Gasteiger partial charge in [0.25, 0.3) is 0 Å². The number of anilines is 1. The largest absolute Gasteiger partial charge is 0.481 e. The maximum Gasteiger partial charge on any atom is 0.309 e. The Kier molecular flexibility index (Phi) is 3.99. The number of nitrogens with one attached hydrogen (secondary N) is 1. The van der Waals surface area contributed by atoms with Gasteiger partial charge in [0.1, 0.15) is 0 Å². The molecule has 0 spiro atoms. The van der Waals surface area contributed by atoms with Crippen LogP contribution in [0.4, 0.5) is 5.13 Å². The van der Waals surface area contributed by atoms with Crippen molar-refractivity contribution in [1.82, 2.24) is 4.98 Å². The molecule has 2 aliphatic rings. The van der Waals surface area contributed by atoms with Crippen LogP contribution in [-0.2, 0) is 22.4 Å². The van der Waals surface area contributed by atoms with E-state index in [1.807, 2.05) is 13.8 Å². The lowest BCUT2D eigenvalue weighted by atomic mass is 9.65. The van der Waals surface area contributed by atoms with Crippen LogP contribution < -0.4 is 5.32 Å². The highest BCUT2D eigenvalue weighted by Crippen LogP contribution is 2.56. The molecule has 1 saturated carbocycles. The Hall–Kier alpha value is -1.43. The minimum atomic E-state index is -0.864. The summed E-state index contributed by atoms with van der Waals surface area (Å²) in [5.41, 5.74) is -0.325. The summed E-state index contributed by atoms with van der Waals surface area (Å²) in [6.45, 7) is 5.54. The summed E-state index contributed by atoms with van der Waals surface area (Å²) < 4.78 is 0. The second-order valence-corrected chi connectivity index (χ2v) is 8.62. The Bertz CT molecular complexity index is 629. The van der Waals surface area contributed by atoms with Crippen molar-refractivity contribution in [3.63, 3.8) is 0 Å². The number of carboxylic acids is 1. The normalized spacial score (nSPS) is 29.1. The Morgan fingerprint density at radius 2 is 1.96 bits per heavy atom. The van der Waals surface area contributed by atoms with Gasteiger partial charge in [0.15, 0.2) is 5.13 Å². The Morgan fingerprint density at radius 3 is 2.57 bits per heavy atom. The third-order valence-electron chi connectivity index (χ3n) is 6.09. The van der Waals surface area contributed by atoms with Crippen LogP contribution in [0.15, 0.2) is 0 Å². The maximum atomic E-state index is 12.7. The molecule has 2 N–H and O–H groups in total.